The van der Waals surface area contributed by atoms with Crippen LogP contribution >= 0.6 is 0 Å². The molecular weight excluding hydrogens is 462 g/mol. The molecule has 1 saturated heterocycles. The number of benzene rings is 2. The molecule has 1 aromatic heterocycles. The SMILES string of the molecule is COC(=O)C1=C(C)N=c2[nH]/c(=C\C3CCC(c4ccccc4C(=O)O)O3)c(=O)n2C1c1ccccc1. The topological polar surface area (TPSA) is 123 Å². The number of ether oxygens (including phenoxy) is 2. The number of imidazole rings is 1. The number of methoxy groups -OCH3 is 1. The summed E-state index contributed by atoms with van der Waals surface area (Å²) in [5.74, 6) is -1.55. The maximum absolute atomic E-state index is 13.6. The van der Waals surface area contributed by atoms with Gasteiger partial charge in [0.15, 0.2) is 0 Å². The average molecular weight is 488 g/mol. The molecule has 9 heteroatoms. The lowest BCUT2D eigenvalue weighted by Crippen LogP contribution is -2.40. The van der Waals surface area contributed by atoms with E-state index in [1.807, 2.05) is 30.3 Å². The van der Waals surface area contributed by atoms with Crippen LogP contribution in [0.3, 0.4) is 0 Å². The molecule has 0 saturated carbocycles. The first-order valence-corrected chi connectivity index (χ1v) is 11.6. The molecule has 3 heterocycles. The van der Waals surface area contributed by atoms with Crippen molar-refractivity contribution in [2.45, 2.75) is 38.0 Å². The van der Waals surface area contributed by atoms with Gasteiger partial charge in [0.2, 0.25) is 5.62 Å². The maximum atomic E-state index is 13.6. The first-order chi connectivity index (χ1) is 17.4. The maximum Gasteiger partial charge on any atom is 0.338 e. The van der Waals surface area contributed by atoms with Crippen molar-refractivity contribution in [2.75, 3.05) is 7.11 Å². The fraction of sp³-hybridized carbons (Fsp3) is 0.259. The Morgan fingerprint density at radius 3 is 2.58 bits per heavy atom. The van der Waals surface area contributed by atoms with Gasteiger partial charge < -0.3 is 19.6 Å². The van der Waals surface area contributed by atoms with E-state index >= 15 is 0 Å². The highest BCUT2D eigenvalue weighted by Crippen LogP contribution is 2.35. The van der Waals surface area contributed by atoms with Gasteiger partial charge in [-0.05, 0) is 43.0 Å². The Labute approximate surface area is 206 Å². The van der Waals surface area contributed by atoms with Crippen molar-refractivity contribution >= 4 is 18.0 Å². The molecule has 0 radical (unpaired) electrons. The second kappa shape index (κ2) is 9.43. The summed E-state index contributed by atoms with van der Waals surface area (Å²) in [6.45, 7) is 1.71. The van der Waals surface area contributed by atoms with Crippen molar-refractivity contribution < 1.29 is 24.2 Å². The molecule has 3 unspecified atom stereocenters. The van der Waals surface area contributed by atoms with E-state index in [1.165, 1.54) is 11.7 Å². The first kappa shape index (κ1) is 23.5. The number of carbonyl (C=O) groups is 2. The summed E-state index contributed by atoms with van der Waals surface area (Å²) in [7, 11) is 1.30. The van der Waals surface area contributed by atoms with Crippen molar-refractivity contribution in [3.05, 3.63) is 104 Å². The molecule has 0 bridgehead atoms. The van der Waals surface area contributed by atoms with Gasteiger partial charge in [-0.3, -0.25) is 9.36 Å². The van der Waals surface area contributed by atoms with E-state index in [4.69, 9.17) is 9.47 Å². The zero-order valence-electron chi connectivity index (χ0n) is 19.8. The normalized spacial score (nSPS) is 21.7. The smallest absolute Gasteiger partial charge is 0.338 e. The van der Waals surface area contributed by atoms with Gasteiger partial charge in [0.05, 0.1) is 42.2 Å². The molecule has 2 aromatic carbocycles. The number of aromatic carboxylic acids is 1. The fourth-order valence-electron chi connectivity index (χ4n) is 4.93. The van der Waals surface area contributed by atoms with Gasteiger partial charge in [-0.15, -0.1) is 0 Å². The molecule has 1 fully saturated rings. The highest BCUT2D eigenvalue weighted by molar-refractivity contribution is 5.91. The van der Waals surface area contributed by atoms with Crippen molar-refractivity contribution in [2.24, 2.45) is 4.99 Å². The number of carboxylic acids is 1. The molecule has 36 heavy (non-hydrogen) atoms. The summed E-state index contributed by atoms with van der Waals surface area (Å²) < 4.78 is 12.6. The van der Waals surface area contributed by atoms with E-state index < -0.39 is 24.1 Å². The number of hydrogen-bond donors (Lipinski definition) is 2. The highest BCUT2D eigenvalue weighted by Gasteiger charge is 2.33. The minimum absolute atomic E-state index is 0.208. The zero-order valence-corrected chi connectivity index (χ0v) is 19.8. The molecule has 2 aliphatic heterocycles. The highest BCUT2D eigenvalue weighted by atomic mass is 16.5. The Balaban J connectivity index is 1.54. The summed E-state index contributed by atoms with van der Waals surface area (Å²) >= 11 is 0. The Morgan fingerprint density at radius 2 is 1.86 bits per heavy atom. The zero-order chi connectivity index (χ0) is 25.4. The lowest BCUT2D eigenvalue weighted by molar-refractivity contribution is -0.136. The number of fused-ring (bicyclic) bond motifs is 1. The Bertz CT molecular complexity index is 1550. The van der Waals surface area contributed by atoms with Gasteiger partial charge in [0, 0.05) is 0 Å². The number of H-pyrrole nitrogens is 1. The standard InChI is InChI=1S/C27H25N3O6/c1-15-22(26(34)35-2)23(16-8-4-3-5-9-16)30-24(31)20(29-27(30)28-15)14-17-12-13-21(36-17)18-10-6-7-11-19(18)25(32)33/h3-11,14,17,21,23H,12-13H2,1-2H3,(H,28,29)(H,32,33)/b20-14-. The largest absolute Gasteiger partial charge is 0.478 e. The van der Waals surface area contributed by atoms with Crippen LogP contribution in [0.2, 0.25) is 0 Å². The molecule has 3 atom stereocenters. The molecule has 0 aliphatic carbocycles. The van der Waals surface area contributed by atoms with Crippen LogP contribution < -0.4 is 16.5 Å². The number of esters is 1. The van der Waals surface area contributed by atoms with E-state index in [2.05, 4.69) is 9.98 Å². The quantitative estimate of drug-likeness (QED) is 0.532. The van der Waals surface area contributed by atoms with E-state index in [9.17, 15) is 19.5 Å². The molecule has 2 aliphatic rings. The molecule has 0 amide bonds. The van der Waals surface area contributed by atoms with Gasteiger partial charge in [0.1, 0.15) is 5.35 Å². The number of carbonyl (C=O) groups excluding carboxylic acids is 1. The molecule has 9 nitrogen and oxygen atoms in total. The predicted octanol–water partition coefficient (Wildman–Crippen LogP) is 2.25. The lowest BCUT2D eigenvalue weighted by atomic mass is 9.96. The predicted molar refractivity (Wildman–Crippen MR) is 130 cm³/mol. The summed E-state index contributed by atoms with van der Waals surface area (Å²) in [5, 5.41) is 9.81. The number of rotatable bonds is 5. The average Bonchev–Trinajstić information content (AvgIpc) is 3.47. The molecule has 5 rings (SSSR count). The summed E-state index contributed by atoms with van der Waals surface area (Å²) in [5.41, 5.74) is 2.33. The fourth-order valence-corrected chi connectivity index (χ4v) is 4.93. The third-order valence-electron chi connectivity index (χ3n) is 6.58. The monoisotopic (exact) mass is 487 g/mol. The Kier molecular flexibility index (Phi) is 6.15. The number of aromatic amines is 1. The molecule has 3 aromatic rings. The second-order valence-electron chi connectivity index (χ2n) is 8.75. The van der Waals surface area contributed by atoms with Crippen molar-refractivity contribution in [1.29, 1.82) is 0 Å². The van der Waals surface area contributed by atoms with Crippen molar-refractivity contribution in [3.8, 4) is 0 Å². The van der Waals surface area contributed by atoms with Crippen molar-refractivity contribution in [3.63, 3.8) is 0 Å². The van der Waals surface area contributed by atoms with E-state index in [-0.39, 0.29) is 17.2 Å². The third kappa shape index (κ3) is 4.07. The third-order valence-corrected chi connectivity index (χ3v) is 6.58. The van der Waals surface area contributed by atoms with Crippen molar-refractivity contribution in [1.82, 2.24) is 9.55 Å². The number of carboxylic acid groups (broad SMARTS) is 1. The van der Waals surface area contributed by atoms with Crippen LogP contribution in [0.4, 0.5) is 0 Å². The summed E-state index contributed by atoms with van der Waals surface area (Å²) in [4.78, 5) is 45.4. The molecular formula is C27H25N3O6. The lowest BCUT2D eigenvalue weighted by Gasteiger charge is -2.24. The van der Waals surface area contributed by atoms with Gasteiger partial charge in [-0.2, -0.15) is 0 Å². The number of nitrogens with zero attached hydrogens (tertiary/aromatic N) is 2. The number of hydrogen-bond acceptors (Lipinski definition) is 6. The van der Waals surface area contributed by atoms with E-state index in [1.54, 1.807) is 37.3 Å². The summed E-state index contributed by atoms with van der Waals surface area (Å²) in [6.07, 6.45) is 2.17. The van der Waals surface area contributed by atoms with Crippen LogP contribution in [-0.4, -0.2) is 39.8 Å². The Hall–Kier alpha value is -4.24. The van der Waals surface area contributed by atoms with Crippen LogP contribution in [0, 0.1) is 0 Å². The van der Waals surface area contributed by atoms with Crippen LogP contribution in [0.25, 0.3) is 6.08 Å². The first-order valence-electron chi connectivity index (χ1n) is 11.6. The van der Waals surface area contributed by atoms with Crippen LogP contribution in [0.1, 0.15) is 53.4 Å². The second-order valence-corrected chi connectivity index (χ2v) is 8.75. The van der Waals surface area contributed by atoms with Crippen LogP contribution in [-0.2, 0) is 14.3 Å². The van der Waals surface area contributed by atoms with Gasteiger partial charge in [-0.25, -0.2) is 14.6 Å². The van der Waals surface area contributed by atoms with Gasteiger partial charge >= 0.3 is 11.9 Å². The number of allylic oxidation sites excluding steroid dienone is 1. The summed E-state index contributed by atoms with van der Waals surface area (Å²) in [6, 6.07) is 15.3. The van der Waals surface area contributed by atoms with Crippen LogP contribution in [0.5, 0.6) is 0 Å². The molecule has 2 N–H and O–H groups in total. The van der Waals surface area contributed by atoms with Gasteiger partial charge in [-0.1, -0.05) is 48.5 Å². The molecule has 184 valence electrons. The minimum Gasteiger partial charge on any atom is -0.478 e. The number of nitrogens with one attached hydrogen (secondary N) is 1. The minimum atomic E-state index is -1.00. The Morgan fingerprint density at radius 1 is 1.14 bits per heavy atom. The van der Waals surface area contributed by atoms with Crippen LogP contribution in [0.15, 0.2) is 75.7 Å². The van der Waals surface area contributed by atoms with E-state index in [0.29, 0.717) is 40.6 Å². The van der Waals surface area contributed by atoms with Gasteiger partial charge in [0.25, 0.3) is 5.56 Å². The van der Waals surface area contributed by atoms with E-state index in [0.717, 1.165) is 5.56 Å². The molecule has 0 spiro atoms. The number of aromatic nitrogens is 2.